The Labute approximate surface area is 222 Å². The number of amides is 1. The predicted octanol–water partition coefficient (Wildman–Crippen LogP) is 4.85. The summed E-state index contributed by atoms with van der Waals surface area (Å²) >= 11 is 5.96. The second kappa shape index (κ2) is 12.7. The topological polar surface area (TPSA) is 68.3 Å². The van der Waals surface area contributed by atoms with Gasteiger partial charge in [-0.2, -0.15) is 0 Å². The number of hydrogen-bond donors (Lipinski definition) is 0. The Kier molecular flexibility index (Phi) is 9.17. The number of methoxy groups -OCH3 is 2. The highest BCUT2D eigenvalue weighted by molar-refractivity contribution is 6.30. The zero-order valence-corrected chi connectivity index (χ0v) is 21.8. The summed E-state index contributed by atoms with van der Waals surface area (Å²) in [7, 11) is 3.01. The molecule has 0 aliphatic carbocycles. The Bertz CT molecular complexity index is 1190. The molecule has 1 fully saturated rings. The first-order valence-corrected chi connectivity index (χ1v) is 12.5. The van der Waals surface area contributed by atoms with Gasteiger partial charge in [0.25, 0.3) is 5.91 Å². The third-order valence-corrected chi connectivity index (χ3v) is 6.72. The molecule has 8 heteroatoms. The smallest absolute Gasteiger partial charge is 0.337 e. The summed E-state index contributed by atoms with van der Waals surface area (Å²) in [5, 5.41) is 0.615. The van der Waals surface area contributed by atoms with E-state index >= 15 is 0 Å². The van der Waals surface area contributed by atoms with E-state index in [2.05, 4.69) is 4.90 Å². The van der Waals surface area contributed by atoms with Crippen LogP contribution in [0.15, 0.2) is 72.8 Å². The van der Waals surface area contributed by atoms with Crippen molar-refractivity contribution in [3.8, 4) is 5.75 Å². The van der Waals surface area contributed by atoms with Crippen molar-refractivity contribution < 1.29 is 23.8 Å². The zero-order valence-electron chi connectivity index (χ0n) is 21.1. The van der Waals surface area contributed by atoms with Gasteiger partial charge in [-0.3, -0.25) is 9.69 Å². The number of hydrogen-bond acceptors (Lipinski definition) is 6. The average Bonchev–Trinajstić information content (AvgIpc) is 2.95. The Hall–Kier alpha value is -3.39. The monoisotopic (exact) mass is 522 g/mol. The first kappa shape index (κ1) is 26.7. The van der Waals surface area contributed by atoms with Crippen molar-refractivity contribution in [2.75, 3.05) is 46.9 Å². The summed E-state index contributed by atoms with van der Waals surface area (Å²) in [4.78, 5) is 28.8. The predicted molar refractivity (Wildman–Crippen MR) is 142 cm³/mol. The highest BCUT2D eigenvalue weighted by Gasteiger charge is 2.25. The van der Waals surface area contributed by atoms with E-state index in [9.17, 15) is 9.59 Å². The molecule has 3 aromatic rings. The maximum atomic E-state index is 12.9. The second-order valence-corrected chi connectivity index (χ2v) is 9.30. The second-order valence-electron chi connectivity index (χ2n) is 8.86. The van der Waals surface area contributed by atoms with Crippen LogP contribution in [0.4, 0.5) is 0 Å². The Morgan fingerprint density at radius 2 is 1.57 bits per heavy atom. The first-order chi connectivity index (χ1) is 18.0. The van der Waals surface area contributed by atoms with Crippen LogP contribution >= 0.6 is 11.6 Å². The maximum Gasteiger partial charge on any atom is 0.337 e. The molecule has 1 unspecified atom stereocenters. The minimum Gasteiger partial charge on any atom is -0.497 e. The summed E-state index contributed by atoms with van der Waals surface area (Å²) in [5.41, 5.74) is 3.12. The molecule has 4 rings (SSSR count). The van der Waals surface area contributed by atoms with E-state index in [4.69, 9.17) is 25.8 Å². The summed E-state index contributed by atoms with van der Waals surface area (Å²) in [6.45, 7) is 3.84. The van der Waals surface area contributed by atoms with Gasteiger partial charge in [0.1, 0.15) is 5.75 Å². The molecule has 1 saturated heterocycles. The normalized spacial score (nSPS) is 14.7. The SMILES string of the molecule is COC(=O)c1ccc(COC(CN2CCN(C(=O)c3ccc(Cl)cc3)CC2)c2cccc(OC)c2)cc1. The Balaban J connectivity index is 1.40. The van der Waals surface area contributed by atoms with Crippen LogP contribution in [0.1, 0.15) is 37.9 Å². The third kappa shape index (κ3) is 7.10. The number of rotatable bonds is 9. The minimum atomic E-state index is -0.365. The zero-order chi connectivity index (χ0) is 26.2. The number of carbonyl (C=O) groups excluding carboxylic acids is 2. The number of halogens is 1. The molecule has 1 atom stereocenters. The fraction of sp³-hybridized carbons (Fsp3) is 0.310. The number of benzene rings is 3. The lowest BCUT2D eigenvalue weighted by molar-refractivity contribution is 0.00331. The van der Waals surface area contributed by atoms with Gasteiger partial charge in [-0.05, 0) is 59.7 Å². The van der Waals surface area contributed by atoms with E-state index in [1.54, 1.807) is 43.5 Å². The number of nitrogens with zero attached hydrogens (tertiary/aromatic N) is 2. The van der Waals surface area contributed by atoms with Crippen LogP contribution in [0.25, 0.3) is 0 Å². The van der Waals surface area contributed by atoms with E-state index in [1.165, 1.54) is 7.11 Å². The summed E-state index contributed by atoms with van der Waals surface area (Å²) < 4.78 is 16.6. The molecule has 1 heterocycles. The van der Waals surface area contributed by atoms with Gasteiger partial charge >= 0.3 is 5.97 Å². The van der Waals surface area contributed by atoms with Gasteiger partial charge in [-0.1, -0.05) is 35.9 Å². The van der Waals surface area contributed by atoms with Gasteiger partial charge < -0.3 is 19.1 Å². The average molecular weight is 523 g/mol. The van der Waals surface area contributed by atoms with Gasteiger partial charge in [0.05, 0.1) is 32.5 Å². The van der Waals surface area contributed by atoms with E-state index in [0.29, 0.717) is 42.4 Å². The maximum absolute atomic E-state index is 12.9. The number of carbonyl (C=O) groups is 2. The van der Waals surface area contributed by atoms with E-state index < -0.39 is 0 Å². The minimum absolute atomic E-state index is 0.0207. The molecule has 0 radical (unpaired) electrons. The molecule has 1 aliphatic heterocycles. The van der Waals surface area contributed by atoms with Crippen LogP contribution in [-0.2, 0) is 16.1 Å². The highest BCUT2D eigenvalue weighted by Crippen LogP contribution is 2.25. The molecular weight excluding hydrogens is 492 g/mol. The van der Waals surface area contributed by atoms with Crippen LogP contribution in [0, 0.1) is 0 Å². The molecule has 3 aromatic carbocycles. The lowest BCUT2D eigenvalue weighted by atomic mass is 10.1. The lowest BCUT2D eigenvalue weighted by Gasteiger charge is -2.36. The Morgan fingerprint density at radius 1 is 0.892 bits per heavy atom. The van der Waals surface area contributed by atoms with E-state index in [-0.39, 0.29) is 18.0 Å². The van der Waals surface area contributed by atoms with Crippen molar-refractivity contribution in [2.45, 2.75) is 12.7 Å². The Morgan fingerprint density at radius 3 is 2.22 bits per heavy atom. The van der Waals surface area contributed by atoms with Crippen molar-refractivity contribution in [2.24, 2.45) is 0 Å². The quantitative estimate of drug-likeness (QED) is 0.374. The van der Waals surface area contributed by atoms with E-state index in [1.807, 2.05) is 41.3 Å². The molecular formula is C29H31ClN2O5. The fourth-order valence-electron chi connectivity index (χ4n) is 4.29. The van der Waals surface area contributed by atoms with Gasteiger partial charge in [0.2, 0.25) is 0 Å². The van der Waals surface area contributed by atoms with Crippen molar-refractivity contribution in [3.63, 3.8) is 0 Å². The van der Waals surface area contributed by atoms with Crippen molar-refractivity contribution in [1.29, 1.82) is 0 Å². The van der Waals surface area contributed by atoms with Gasteiger partial charge in [0, 0.05) is 43.3 Å². The highest BCUT2D eigenvalue weighted by atomic mass is 35.5. The van der Waals surface area contributed by atoms with Crippen molar-refractivity contribution in [3.05, 3.63) is 100 Å². The number of ether oxygens (including phenoxy) is 3. The lowest BCUT2D eigenvalue weighted by Crippen LogP contribution is -2.49. The van der Waals surface area contributed by atoms with Gasteiger partial charge in [-0.15, -0.1) is 0 Å². The molecule has 0 spiro atoms. The van der Waals surface area contributed by atoms with E-state index in [0.717, 1.165) is 30.0 Å². The molecule has 0 bridgehead atoms. The summed E-state index contributed by atoms with van der Waals surface area (Å²) in [6.07, 6.45) is -0.200. The fourth-order valence-corrected chi connectivity index (χ4v) is 4.42. The standard InChI is InChI=1S/C29H31ClN2O5/c1-35-26-5-3-4-24(18-26)27(37-20-21-6-8-23(9-7-21)29(34)36-2)19-31-14-16-32(17-15-31)28(33)22-10-12-25(30)13-11-22/h3-13,18,27H,14-17,19-20H2,1-2H3. The van der Waals surface area contributed by atoms with Crippen LogP contribution < -0.4 is 4.74 Å². The largest absolute Gasteiger partial charge is 0.497 e. The summed E-state index contributed by atoms with van der Waals surface area (Å²) in [5.74, 6) is 0.426. The molecule has 1 amide bonds. The molecule has 0 saturated carbocycles. The molecule has 0 N–H and O–H groups in total. The number of piperazine rings is 1. The van der Waals surface area contributed by atoms with Crippen LogP contribution in [0.3, 0.4) is 0 Å². The number of esters is 1. The first-order valence-electron chi connectivity index (χ1n) is 12.2. The molecule has 37 heavy (non-hydrogen) atoms. The summed E-state index contributed by atoms with van der Waals surface area (Å²) in [6, 6.07) is 22.1. The van der Waals surface area contributed by atoms with Gasteiger partial charge in [-0.25, -0.2) is 4.79 Å². The molecule has 1 aliphatic rings. The third-order valence-electron chi connectivity index (χ3n) is 6.47. The molecule has 194 valence electrons. The van der Waals surface area contributed by atoms with Crippen molar-refractivity contribution >= 4 is 23.5 Å². The van der Waals surface area contributed by atoms with Crippen LogP contribution in [0.2, 0.25) is 5.02 Å². The van der Waals surface area contributed by atoms with Crippen LogP contribution in [0.5, 0.6) is 5.75 Å². The van der Waals surface area contributed by atoms with Crippen molar-refractivity contribution in [1.82, 2.24) is 9.80 Å². The van der Waals surface area contributed by atoms with Crippen LogP contribution in [-0.4, -0.2) is 68.6 Å². The molecule has 0 aromatic heterocycles. The van der Waals surface area contributed by atoms with Gasteiger partial charge in [0.15, 0.2) is 0 Å². The molecule has 7 nitrogen and oxygen atoms in total.